The summed E-state index contributed by atoms with van der Waals surface area (Å²) in [5.74, 6) is 1.33. The van der Waals surface area contributed by atoms with E-state index in [0.29, 0.717) is 12.5 Å². The van der Waals surface area contributed by atoms with Crippen LogP contribution in [0.2, 0.25) is 5.02 Å². The van der Waals surface area contributed by atoms with Crippen molar-refractivity contribution in [3.05, 3.63) is 28.3 Å². The van der Waals surface area contributed by atoms with Crippen LogP contribution in [0.3, 0.4) is 0 Å². The van der Waals surface area contributed by atoms with E-state index < -0.39 is 0 Å². The van der Waals surface area contributed by atoms with Crippen LogP contribution < -0.4 is 10.5 Å². The first-order valence-electron chi connectivity index (χ1n) is 7.74. The van der Waals surface area contributed by atoms with Crippen molar-refractivity contribution in [3.8, 4) is 5.75 Å². The maximum Gasteiger partial charge on any atom is 0.141 e. The molecule has 2 unspecified atom stereocenters. The summed E-state index contributed by atoms with van der Waals surface area (Å²) in [5, 5.41) is 0.717. The Hall–Kier alpha value is -0.730. The molecule has 2 atom stereocenters. The molecule has 20 heavy (non-hydrogen) atoms. The smallest absolute Gasteiger partial charge is 0.141 e. The molecule has 0 aliphatic carbocycles. The van der Waals surface area contributed by atoms with Crippen molar-refractivity contribution in [2.75, 3.05) is 6.61 Å². The van der Waals surface area contributed by atoms with E-state index in [-0.39, 0.29) is 6.04 Å². The van der Waals surface area contributed by atoms with Crippen molar-refractivity contribution in [1.29, 1.82) is 0 Å². The van der Waals surface area contributed by atoms with Crippen LogP contribution in [0.5, 0.6) is 5.75 Å². The van der Waals surface area contributed by atoms with E-state index in [0.717, 1.165) is 42.0 Å². The van der Waals surface area contributed by atoms with E-state index in [1.165, 1.54) is 5.56 Å². The molecule has 0 heterocycles. The van der Waals surface area contributed by atoms with Gasteiger partial charge in [-0.2, -0.15) is 0 Å². The van der Waals surface area contributed by atoms with Gasteiger partial charge in [-0.3, -0.25) is 0 Å². The van der Waals surface area contributed by atoms with Crippen molar-refractivity contribution < 1.29 is 4.74 Å². The van der Waals surface area contributed by atoms with E-state index in [1.54, 1.807) is 0 Å². The Morgan fingerprint density at radius 3 is 2.45 bits per heavy atom. The molecule has 3 heteroatoms. The minimum absolute atomic E-state index is 0.155. The van der Waals surface area contributed by atoms with Crippen molar-refractivity contribution in [2.45, 2.75) is 65.3 Å². The molecule has 0 saturated carbocycles. The number of halogens is 1. The molecular weight excluding hydrogens is 270 g/mol. The Bertz CT molecular complexity index is 420. The maximum absolute atomic E-state index is 6.43. The van der Waals surface area contributed by atoms with Gasteiger partial charge in [-0.15, -0.1) is 0 Å². The van der Waals surface area contributed by atoms with Crippen LogP contribution in [0.15, 0.2) is 12.1 Å². The zero-order chi connectivity index (χ0) is 15.1. The van der Waals surface area contributed by atoms with Crippen molar-refractivity contribution >= 4 is 11.6 Å². The van der Waals surface area contributed by atoms with Crippen LogP contribution in [0.1, 0.15) is 64.0 Å². The van der Waals surface area contributed by atoms with Gasteiger partial charge in [-0.25, -0.2) is 0 Å². The fourth-order valence-electron chi connectivity index (χ4n) is 2.14. The first-order chi connectivity index (χ1) is 9.53. The zero-order valence-corrected chi connectivity index (χ0v) is 14.0. The van der Waals surface area contributed by atoms with E-state index in [9.17, 15) is 0 Å². The Balaban J connectivity index is 3.13. The highest BCUT2D eigenvalue weighted by Crippen LogP contribution is 2.34. The molecule has 0 spiro atoms. The van der Waals surface area contributed by atoms with Crippen LogP contribution in [0.4, 0.5) is 0 Å². The lowest BCUT2D eigenvalue weighted by Gasteiger charge is -2.19. The van der Waals surface area contributed by atoms with Crippen LogP contribution in [-0.4, -0.2) is 12.6 Å². The fourth-order valence-corrected chi connectivity index (χ4v) is 2.44. The molecule has 0 saturated heterocycles. The maximum atomic E-state index is 6.43. The summed E-state index contributed by atoms with van der Waals surface area (Å²) < 4.78 is 5.84. The highest BCUT2D eigenvalue weighted by atomic mass is 35.5. The quantitative estimate of drug-likeness (QED) is 0.739. The van der Waals surface area contributed by atoms with Gasteiger partial charge in [-0.05, 0) is 48.8 Å². The second-order valence-corrected chi connectivity index (χ2v) is 5.93. The Morgan fingerprint density at radius 2 is 1.90 bits per heavy atom. The molecule has 2 N–H and O–H groups in total. The Kier molecular flexibility index (Phi) is 7.39. The molecule has 0 bridgehead atoms. The molecule has 0 fully saturated rings. The van der Waals surface area contributed by atoms with Crippen LogP contribution in [0, 0.1) is 0 Å². The fraction of sp³-hybridized carbons (Fsp3) is 0.647. The number of rotatable bonds is 8. The van der Waals surface area contributed by atoms with E-state index >= 15 is 0 Å². The van der Waals surface area contributed by atoms with Gasteiger partial charge in [0.15, 0.2) is 0 Å². The monoisotopic (exact) mass is 297 g/mol. The lowest BCUT2D eigenvalue weighted by atomic mass is 9.94. The molecule has 1 aromatic rings. The molecule has 0 aromatic heterocycles. The first-order valence-corrected chi connectivity index (χ1v) is 8.11. The van der Waals surface area contributed by atoms with Crippen LogP contribution >= 0.6 is 11.6 Å². The number of ether oxygens (including phenoxy) is 1. The van der Waals surface area contributed by atoms with Crippen molar-refractivity contribution in [2.24, 2.45) is 5.73 Å². The highest BCUT2D eigenvalue weighted by molar-refractivity contribution is 6.32. The predicted molar refractivity (Wildman–Crippen MR) is 87.9 cm³/mol. The number of hydrogen-bond donors (Lipinski definition) is 1. The minimum Gasteiger partial charge on any atom is -0.492 e. The summed E-state index contributed by atoms with van der Waals surface area (Å²) in [7, 11) is 0. The molecule has 0 aliphatic heterocycles. The Labute approximate surface area is 128 Å². The van der Waals surface area contributed by atoms with Gasteiger partial charge in [-0.1, -0.05) is 45.4 Å². The minimum atomic E-state index is 0.155. The number of nitrogens with two attached hydrogens (primary N) is 1. The predicted octanol–water partition coefficient (Wildman–Crippen LogP) is 4.92. The average Bonchev–Trinajstić information content (AvgIpc) is 2.45. The van der Waals surface area contributed by atoms with Crippen molar-refractivity contribution in [3.63, 3.8) is 0 Å². The average molecular weight is 298 g/mol. The first kappa shape index (κ1) is 17.3. The van der Waals surface area contributed by atoms with E-state index in [1.807, 2.05) is 6.07 Å². The Morgan fingerprint density at radius 1 is 1.20 bits per heavy atom. The summed E-state index contributed by atoms with van der Waals surface area (Å²) in [5.41, 5.74) is 8.54. The van der Waals surface area contributed by atoms with Gasteiger partial charge in [0.1, 0.15) is 5.75 Å². The topological polar surface area (TPSA) is 35.2 Å². The molecule has 0 amide bonds. The van der Waals surface area contributed by atoms with E-state index in [2.05, 4.69) is 33.8 Å². The number of hydrogen-bond acceptors (Lipinski definition) is 2. The molecular formula is C17H28ClNO. The highest BCUT2D eigenvalue weighted by Gasteiger charge is 2.15. The second-order valence-electron chi connectivity index (χ2n) is 5.52. The van der Waals surface area contributed by atoms with Crippen LogP contribution in [0.25, 0.3) is 0 Å². The van der Waals surface area contributed by atoms with Crippen molar-refractivity contribution in [1.82, 2.24) is 0 Å². The lowest BCUT2D eigenvalue weighted by molar-refractivity contribution is 0.313. The van der Waals surface area contributed by atoms with E-state index in [4.69, 9.17) is 22.1 Å². The SMILES string of the molecule is CCCOc1c(Cl)cc(C(C)CC)cc1CC(N)CC. The summed E-state index contributed by atoms with van der Waals surface area (Å²) in [4.78, 5) is 0. The third kappa shape index (κ3) is 4.68. The molecule has 0 aliphatic rings. The van der Waals surface area contributed by atoms with Gasteiger partial charge in [0.25, 0.3) is 0 Å². The summed E-state index contributed by atoms with van der Waals surface area (Å²) >= 11 is 6.43. The summed E-state index contributed by atoms with van der Waals surface area (Å²) in [6.45, 7) is 9.31. The molecule has 2 nitrogen and oxygen atoms in total. The molecule has 0 radical (unpaired) electrons. The van der Waals surface area contributed by atoms with Gasteiger partial charge in [0.2, 0.25) is 0 Å². The normalized spacial score (nSPS) is 14.1. The largest absolute Gasteiger partial charge is 0.492 e. The molecule has 1 rings (SSSR count). The van der Waals surface area contributed by atoms with Gasteiger partial charge in [0, 0.05) is 6.04 Å². The zero-order valence-electron chi connectivity index (χ0n) is 13.2. The van der Waals surface area contributed by atoms with Gasteiger partial charge >= 0.3 is 0 Å². The molecule has 114 valence electrons. The van der Waals surface area contributed by atoms with Crippen LogP contribution in [-0.2, 0) is 6.42 Å². The number of benzene rings is 1. The third-order valence-electron chi connectivity index (χ3n) is 3.78. The summed E-state index contributed by atoms with van der Waals surface area (Å²) in [6.07, 6.45) is 3.85. The lowest BCUT2D eigenvalue weighted by Crippen LogP contribution is -2.22. The van der Waals surface area contributed by atoms with Gasteiger partial charge < -0.3 is 10.5 Å². The second kappa shape index (κ2) is 8.53. The third-order valence-corrected chi connectivity index (χ3v) is 4.06. The molecule has 1 aromatic carbocycles. The summed E-state index contributed by atoms with van der Waals surface area (Å²) in [6, 6.07) is 4.42. The standard InChI is InChI=1S/C17H28ClNO/c1-5-8-20-17-14(10-15(19)7-3)9-13(11-16(17)18)12(4)6-2/h9,11-12,15H,5-8,10,19H2,1-4H3. The van der Waals surface area contributed by atoms with Gasteiger partial charge in [0.05, 0.1) is 11.6 Å².